The highest BCUT2D eigenvalue weighted by Crippen LogP contribution is 2.23. The molecule has 0 radical (unpaired) electrons. The van der Waals surface area contributed by atoms with Gasteiger partial charge < -0.3 is 20.5 Å². The molecule has 3 amide bonds. The van der Waals surface area contributed by atoms with Gasteiger partial charge in [-0.3, -0.25) is 14.4 Å². The summed E-state index contributed by atoms with van der Waals surface area (Å²) in [6, 6.07) is 10.7. The van der Waals surface area contributed by atoms with Crippen LogP contribution in [0, 0.1) is 11.6 Å². The number of aromatic amines is 1. The largest absolute Gasteiger partial charge is 0.345 e. The van der Waals surface area contributed by atoms with Crippen LogP contribution in [-0.4, -0.2) is 51.2 Å². The number of likely N-dealkylation sites (tertiary alicyclic amines) is 1. The van der Waals surface area contributed by atoms with Gasteiger partial charge >= 0.3 is 0 Å². The van der Waals surface area contributed by atoms with Crippen molar-refractivity contribution >= 4 is 17.7 Å². The molecule has 0 aliphatic carbocycles. The van der Waals surface area contributed by atoms with E-state index < -0.39 is 29.6 Å². The Hall–Kier alpha value is -4.08. The Labute approximate surface area is 226 Å². The molecule has 0 spiro atoms. The zero-order valence-corrected chi connectivity index (χ0v) is 22.0. The lowest BCUT2D eigenvalue weighted by Crippen LogP contribution is -2.52. The van der Waals surface area contributed by atoms with Crippen molar-refractivity contribution in [3.8, 4) is 11.3 Å². The Balaban J connectivity index is 1.46. The molecule has 39 heavy (non-hydrogen) atoms. The first-order chi connectivity index (χ1) is 18.7. The van der Waals surface area contributed by atoms with Crippen LogP contribution >= 0.6 is 0 Å². The van der Waals surface area contributed by atoms with Gasteiger partial charge in [-0.1, -0.05) is 30.3 Å². The van der Waals surface area contributed by atoms with Crippen molar-refractivity contribution < 1.29 is 23.2 Å². The van der Waals surface area contributed by atoms with Crippen LogP contribution < -0.4 is 10.6 Å². The number of H-pyrrole nitrogens is 1. The number of carbonyl (C=O) groups is 3. The van der Waals surface area contributed by atoms with Crippen molar-refractivity contribution in [3.05, 3.63) is 77.8 Å². The summed E-state index contributed by atoms with van der Waals surface area (Å²) in [5, 5.41) is 5.54. The number of aromatic nitrogens is 2. The number of carbonyl (C=O) groups excluding carboxylic acids is 3. The maximum atomic E-state index is 14.2. The third-order valence-corrected chi connectivity index (χ3v) is 6.95. The molecule has 1 aliphatic heterocycles. The third-order valence-electron chi connectivity index (χ3n) is 6.95. The number of hydrogen-bond donors (Lipinski definition) is 3. The second kappa shape index (κ2) is 12.6. The number of nitrogens with one attached hydrogen (secondary N) is 3. The molecule has 3 N–H and O–H groups in total. The SMILES string of the molecule is C[C@H](NC(=O)[C@H](CC(=O)N1CCCC[C@@H]1C)NC(=O)Cc1ccccc1)c1ncc(-c2ccc(F)cc2F)[nH]1. The van der Waals surface area contributed by atoms with E-state index in [0.717, 1.165) is 37.0 Å². The first-order valence-corrected chi connectivity index (χ1v) is 13.1. The van der Waals surface area contributed by atoms with Crippen LogP contribution in [0.15, 0.2) is 54.7 Å². The lowest BCUT2D eigenvalue weighted by molar-refractivity contribution is -0.138. The van der Waals surface area contributed by atoms with E-state index in [0.29, 0.717) is 18.1 Å². The standard InChI is InChI=1S/C29H33F2N5O3/c1-18-8-6-7-13-36(18)27(38)16-24(34-26(37)14-20-9-4-3-5-10-20)29(39)33-19(2)28-32-17-25(35-28)22-12-11-21(30)15-23(22)31/h3-5,9-12,15,17-19,24H,6-8,13-14,16H2,1-2H3,(H,32,35)(H,33,39)(H,34,37)/t18-,19-,24-/m0/s1. The number of amides is 3. The molecule has 1 aliphatic rings. The molecule has 4 rings (SSSR count). The molecule has 3 aromatic rings. The van der Waals surface area contributed by atoms with Gasteiger partial charge in [0.15, 0.2) is 0 Å². The van der Waals surface area contributed by atoms with Crippen molar-refractivity contribution in [1.82, 2.24) is 25.5 Å². The van der Waals surface area contributed by atoms with Crippen LogP contribution in [0.5, 0.6) is 0 Å². The van der Waals surface area contributed by atoms with Crippen LogP contribution in [0.2, 0.25) is 0 Å². The highest BCUT2D eigenvalue weighted by molar-refractivity contribution is 5.92. The lowest BCUT2D eigenvalue weighted by atomic mass is 10.0. The third kappa shape index (κ3) is 7.28. The summed E-state index contributed by atoms with van der Waals surface area (Å²) in [4.78, 5) is 48.3. The average molecular weight is 538 g/mol. The van der Waals surface area contributed by atoms with Crippen LogP contribution in [0.25, 0.3) is 11.3 Å². The topological polar surface area (TPSA) is 107 Å². The van der Waals surface area contributed by atoms with E-state index in [4.69, 9.17) is 0 Å². The number of piperidine rings is 1. The highest BCUT2D eigenvalue weighted by Gasteiger charge is 2.30. The van der Waals surface area contributed by atoms with Crippen molar-refractivity contribution in [3.63, 3.8) is 0 Å². The van der Waals surface area contributed by atoms with Crippen LogP contribution in [0.3, 0.4) is 0 Å². The predicted octanol–water partition coefficient (Wildman–Crippen LogP) is 4.05. The molecule has 1 saturated heterocycles. The molecule has 8 nitrogen and oxygen atoms in total. The molecule has 0 unspecified atom stereocenters. The monoisotopic (exact) mass is 537 g/mol. The van der Waals surface area contributed by atoms with Gasteiger partial charge in [0, 0.05) is 24.2 Å². The zero-order chi connectivity index (χ0) is 27.9. The van der Waals surface area contributed by atoms with Gasteiger partial charge in [0.1, 0.15) is 23.5 Å². The van der Waals surface area contributed by atoms with E-state index in [1.807, 2.05) is 37.3 Å². The minimum Gasteiger partial charge on any atom is -0.345 e. The van der Waals surface area contributed by atoms with Crippen molar-refractivity contribution in [2.24, 2.45) is 0 Å². The number of halogens is 2. The minimum absolute atomic E-state index is 0.0687. The normalized spacial score (nSPS) is 16.8. The molecule has 1 aromatic heterocycles. The number of benzene rings is 2. The van der Waals surface area contributed by atoms with Gasteiger partial charge in [0.25, 0.3) is 0 Å². The Bertz CT molecular complexity index is 1310. The Kier molecular flexibility index (Phi) is 9.06. The van der Waals surface area contributed by atoms with Crippen molar-refractivity contribution in [1.29, 1.82) is 0 Å². The van der Waals surface area contributed by atoms with Crippen molar-refractivity contribution in [2.45, 2.75) is 64.1 Å². The molecule has 1 fully saturated rings. The molecule has 2 heterocycles. The van der Waals surface area contributed by atoms with Crippen LogP contribution in [-0.2, 0) is 20.8 Å². The highest BCUT2D eigenvalue weighted by atomic mass is 19.1. The fourth-order valence-electron chi connectivity index (χ4n) is 4.78. The quantitative estimate of drug-likeness (QED) is 0.383. The van der Waals surface area contributed by atoms with Gasteiger partial charge in [-0.25, -0.2) is 13.8 Å². The van der Waals surface area contributed by atoms with Gasteiger partial charge in [-0.2, -0.15) is 0 Å². The van der Waals surface area contributed by atoms with E-state index in [9.17, 15) is 23.2 Å². The second-order valence-electron chi connectivity index (χ2n) is 9.96. The summed E-state index contributed by atoms with van der Waals surface area (Å²) < 4.78 is 27.5. The van der Waals surface area contributed by atoms with E-state index in [2.05, 4.69) is 20.6 Å². The van der Waals surface area contributed by atoms with E-state index in [-0.39, 0.29) is 36.3 Å². The first kappa shape index (κ1) is 27.9. The first-order valence-electron chi connectivity index (χ1n) is 13.1. The van der Waals surface area contributed by atoms with Gasteiger partial charge in [0.2, 0.25) is 17.7 Å². The average Bonchev–Trinajstić information content (AvgIpc) is 3.39. The summed E-state index contributed by atoms with van der Waals surface area (Å²) in [6.45, 7) is 4.29. The summed E-state index contributed by atoms with van der Waals surface area (Å²) in [6.07, 6.45) is 4.14. The molecule has 10 heteroatoms. The molecular formula is C29H33F2N5O3. The molecule has 206 valence electrons. The van der Waals surface area contributed by atoms with Gasteiger partial charge in [-0.05, 0) is 50.8 Å². The summed E-state index contributed by atoms with van der Waals surface area (Å²) in [7, 11) is 0. The summed E-state index contributed by atoms with van der Waals surface area (Å²) in [5.74, 6) is -2.19. The van der Waals surface area contributed by atoms with E-state index in [1.54, 1.807) is 11.8 Å². The maximum Gasteiger partial charge on any atom is 0.243 e. The molecular weight excluding hydrogens is 504 g/mol. The molecule has 3 atom stereocenters. The second-order valence-corrected chi connectivity index (χ2v) is 9.96. The maximum absolute atomic E-state index is 14.2. The smallest absolute Gasteiger partial charge is 0.243 e. The molecule has 2 aromatic carbocycles. The number of nitrogens with zero attached hydrogens (tertiary/aromatic N) is 2. The number of hydrogen-bond acceptors (Lipinski definition) is 4. The molecule has 0 bridgehead atoms. The summed E-state index contributed by atoms with van der Waals surface area (Å²) >= 11 is 0. The minimum atomic E-state index is -1.09. The Morgan fingerprint density at radius 3 is 2.59 bits per heavy atom. The summed E-state index contributed by atoms with van der Waals surface area (Å²) in [5.41, 5.74) is 1.25. The Morgan fingerprint density at radius 1 is 1.10 bits per heavy atom. The van der Waals surface area contributed by atoms with E-state index >= 15 is 0 Å². The zero-order valence-electron chi connectivity index (χ0n) is 22.0. The fraction of sp³-hybridized carbons (Fsp3) is 0.379. The number of rotatable bonds is 9. The Morgan fingerprint density at radius 2 is 1.87 bits per heavy atom. The van der Waals surface area contributed by atoms with E-state index in [1.165, 1.54) is 12.3 Å². The fourth-order valence-corrected chi connectivity index (χ4v) is 4.78. The van der Waals surface area contributed by atoms with Crippen LogP contribution in [0.4, 0.5) is 8.78 Å². The predicted molar refractivity (Wildman–Crippen MR) is 142 cm³/mol. The molecule has 0 saturated carbocycles. The van der Waals surface area contributed by atoms with Crippen LogP contribution in [0.1, 0.15) is 57.0 Å². The number of imidazole rings is 1. The van der Waals surface area contributed by atoms with Gasteiger partial charge in [-0.15, -0.1) is 0 Å². The lowest BCUT2D eigenvalue weighted by Gasteiger charge is -2.34. The van der Waals surface area contributed by atoms with Crippen molar-refractivity contribution in [2.75, 3.05) is 6.54 Å². The van der Waals surface area contributed by atoms with Gasteiger partial charge in [0.05, 0.1) is 30.8 Å².